The fourth-order valence-corrected chi connectivity index (χ4v) is 2.82. The summed E-state index contributed by atoms with van der Waals surface area (Å²) in [6.45, 7) is 0.782. The summed E-state index contributed by atoms with van der Waals surface area (Å²) in [6, 6.07) is 7.09. The van der Waals surface area contributed by atoms with Gasteiger partial charge in [-0.3, -0.25) is 0 Å². The van der Waals surface area contributed by atoms with Gasteiger partial charge in [-0.25, -0.2) is 8.42 Å². The molecule has 0 aliphatic carbocycles. The number of hydrogen-bond donors (Lipinski definition) is 1. The van der Waals surface area contributed by atoms with Crippen LogP contribution < -0.4 is 5.73 Å². The molecule has 1 aliphatic rings. The highest BCUT2D eigenvalue weighted by Gasteiger charge is 2.39. The number of nitrogen functional groups attached to an aromatic ring is 1. The lowest BCUT2D eigenvalue weighted by Gasteiger charge is -2.35. The predicted octanol–water partition coefficient (Wildman–Crippen LogP) is 0.755. The molecule has 0 aromatic heterocycles. The Morgan fingerprint density at radius 1 is 1.50 bits per heavy atom. The molecule has 1 fully saturated rings. The normalized spacial score (nSPS) is 17.8. The number of benzene rings is 1. The van der Waals surface area contributed by atoms with Crippen LogP contribution in [0.5, 0.6) is 0 Å². The smallest absolute Gasteiger partial charge is 0.177 e. The molecule has 1 saturated heterocycles. The van der Waals surface area contributed by atoms with E-state index in [9.17, 15) is 8.42 Å². The van der Waals surface area contributed by atoms with Crippen LogP contribution in [0.4, 0.5) is 5.69 Å². The molecule has 0 amide bonds. The first-order valence-electron chi connectivity index (χ1n) is 5.44. The summed E-state index contributed by atoms with van der Waals surface area (Å²) >= 11 is 0. The van der Waals surface area contributed by atoms with Crippen LogP contribution in [0.15, 0.2) is 23.1 Å². The van der Waals surface area contributed by atoms with Gasteiger partial charge in [0.2, 0.25) is 0 Å². The highest BCUT2D eigenvalue weighted by Crippen LogP contribution is 2.32. The Labute approximate surface area is 106 Å². The second kappa shape index (κ2) is 4.26. The van der Waals surface area contributed by atoms with Crippen molar-refractivity contribution < 1.29 is 13.2 Å². The fourth-order valence-electron chi connectivity index (χ4n) is 1.96. The maximum atomic E-state index is 11.6. The summed E-state index contributed by atoms with van der Waals surface area (Å²) in [6.07, 6.45) is 1.60. The Kier molecular flexibility index (Phi) is 3.05. The fraction of sp³-hybridized carbons (Fsp3) is 0.417. The lowest BCUT2D eigenvalue weighted by atomic mass is 9.81. The van der Waals surface area contributed by atoms with Gasteiger partial charge in [-0.05, 0) is 24.1 Å². The Balaban J connectivity index is 2.34. The molecular formula is C12H14N2O3S. The van der Waals surface area contributed by atoms with Crippen LogP contribution in [0.25, 0.3) is 0 Å². The Bertz CT molecular complexity index is 613. The summed E-state index contributed by atoms with van der Waals surface area (Å²) in [5.41, 5.74) is 6.15. The largest absolute Gasteiger partial charge is 0.398 e. The summed E-state index contributed by atoms with van der Waals surface area (Å²) < 4.78 is 28.2. The Morgan fingerprint density at radius 2 is 2.17 bits per heavy atom. The number of nitrogens with two attached hydrogens (primary N) is 1. The minimum atomic E-state index is -3.35. The van der Waals surface area contributed by atoms with Crippen LogP contribution >= 0.6 is 0 Å². The van der Waals surface area contributed by atoms with Gasteiger partial charge in [0.15, 0.2) is 9.84 Å². The first-order chi connectivity index (χ1) is 8.36. The Morgan fingerprint density at radius 3 is 2.61 bits per heavy atom. The second-order valence-corrected chi connectivity index (χ2v) is 6.69. The van der Waals surface area contributed by atoms with Gasteiger partial charge in [0, 0.05) is 6.26 Å². The van der Waals surface area contributed by atoms with Crippen LogP contribution in [-0.4, -0.2) is 27.9 Å². The van der Waals surface area contributed by atoms with Gasteiger partial charge in [0.25, 0.3) is 0 Å². The lowest BCUT2D eigenvalue weighted by molar-refractivity contribution is -0.0765. The number of sulfone groups is 1. The van der Waals surface area contributed by atoms with E-state index in [0.29, 0.717) is 19.6 Å². The van der Waals surface area contributed by atoms with Crippen molar-refractivity contribution >= 4 is 15.5 Å². The number of nitrogens with zero attached hydrogens (tertiary/aromatic N) is 1. The molecule has 2 rings (SSSR count). The van der Waals surface area contributed by atoms with Gasteiger partial charge in [-0.15, -0.1) is 0 Å². The van der Waals surface area contributed by atoms with E-state index in [4.69, 9.17) is 15.7 Å². The molecule has 1 aromatic carbocycles. The number of rotatable bonds is 3. The first-order valence-corrected chi connectivity index (χ1v) is 7.33. The number of nitriles is 1. The average Bonchev–Trinajstić information content (AvgIpc) is 2.24. The van der Waals surface area contributed by atoms with E-state index in [-0.39, 0.29) is 10.6 Å². The van der Waals surface area contributed by atoms with E-state index in [1.807, 2.05) is 0 Å². The van der Waals surface area contributed by atoms with Gasteiger partial charge in [0.1, 0.15) is 5.41 Å². The molecular weight excluding hydrogens is 252 g/mol. The molecule has 6 heteroatoms. The minimum Gasteiger partial charge on any atom is -0.398 e. The second-order valence-electron chi connectivity index (χ2n) is 4.71. The lowest BCUT2D eigenvalue weighted by Crippen LogP contribution is -2.43. The molecule has 1 aromatic rings. The summed E-state index contributed by atoms with van der Waals surface area (Å²) in [5, 5.41) is 9.11. The third-order valence-corrected chi connectivity index (χ3v) is 4.17. The minimum absolute atomic E-state index is 0.119. The van der Waals surface area contributed by atoms with E-state index < -0.39 is 15.3 Å². The van der Waals surface area contributed by atoms with Crippen molar-refractivity contribution in [3.63, 3.8) is 0 Å². The third kappa shape index (κ3) is 2.33. The number of ether oxygens (including phenoxy) is 1. The van der Waals surface area contributed by atoms with E-state index in [0.717, 1.165) is 11.8 Å². The zero-order valence-corrected chi connectivity index (χ0v) is 10.8. The molecule has 2 N–H and O–H groups in total. The van der Waals surface area contributed by atoms with Gasteiger partial charge in [0.05, 0.1) is 29.9 Å². The predicted molar refractivity (Wildman–Crippen MR) is 66.5 cm³/mol. The molecule has 1 heterocycles. The van der Waals surface area contributed by atoms with Crippen LogP contribution in [0.2, 0.25) is 0 Å². The van der Waals surface area contributed by atoms with Crippen molar-refractivity contribution in [3.8, 4) is 6.07 Å². The molecule has 0 unspecified atom stereocenters. The third-order valence-electron chi connectivity index (χ3n) is 3.01. The van der Waals surface area contributed by atoms with Crippen molar-refractivity contribution in [2.24, 2.45) is 5.41 Å². The van der Waals surface area contributed by atoms with E-state index in [2.05, 4.69) is 6.07 Å². The van der Waals surface area contributed by atoms with Crippen LogP contribution in [-0.2, 0) is 21.0 Å². The van der Waals surface area contributed by atoms with Crippen LogP contribution in [0.3, 0.4) is 0 Å². The molecule has 18 heavy (non-hydrogen) atoms. The zero-order chi connectivity index (χ0) is 13.4. The monoisotopic (exact) mass is 266 g/mol. The SMILES string of the molecule is CS(=O)(=O)c1cc(CC2(C#N)COC2)ccc1N. The molecule has 1 aliphatic heterocycles. The van der Waals surface area contributed by atoms with Crippen molar-refractivity contribution in [2.45, 2.75) is 11.3 Å². The number of hydrogen-bond acceptors (Lipinski definition) is 5. The van der Waals surface area contributed by atoms with E-state index in [1.165, 1.54) is 0 Å². The molecule has 0 atom stereocenters. The van der Waals surface area contributed by atoms with Gasteiger partial charge in [-0.2, -0.15) is 5.26 Å². The molecule has 0 spiro atoms. The zero-order valence-electron chi connectivity index (χ0n) is 10.0. The maximum absolute atomic E-state index is 11.6. The maximum Gasteiger partial charge on any atom is 0.177 e. The first kappa shape index (κ1) is 12.9. The quantitative estimate of drug-likeness (QED) is 0.815. The van der Waals surface area contributed by atoms with Crippen molar-refractivity contribution in [1.29, 1.82) is 5.26 Å². The molecule has 0 radical (unpaired) electrons. The van der Waals surface area contributed by atoms with E-state index in [1.54, 1.807) is 18.2 Å². The molecule has 0 bridgehead atoms. The van der Waals surface area contributed by atoms with Gasteiger partial charge in [-0.1, -0.05) is 6.07 Å². The molecule has 96 valence electrons. The molecule has 5 nitrogen and oxygen atoms in total. The van der Waals surface area contributed by atoms with E-state index >= 15 is 0 Å². The van der Waals surface area contributed by atoms with Gasteiger partial charge < -0.3 is 10.5 Å². The van der Waals surface area contributed by atoms with Gasteiger partial charge >= 0.3 is 0 Å². The topological polar surface area (TPSA) is 93.2 Å². The highest BCUT2D eigenvalue weighted by atomic mass is 32.2. The number of anilines is 1. The summed E-state index contributed by atoms with van der Waals surface area (Å²) in [7, 11) is -3.35. The summed E-state index contributed by atoms with van der Waals surface area (Å²) in [5.74, 6) is 0. The Hall–Kier alpha value is -1.58. The molecule has 0 saturated carbocycles. The van der Waals surface area contributed by atoms with Crippen molar-refractivity contribution in [2.75, 3.05) is 25.2 Å². The summed E-state index contributed by atoms with van der Waals surface area (Å²) in [4.78, 5) is 0.119. The standard InChI is InChI=1S/C12H14N2O3S/c1-18(15,16)11-4-9(2-3-10(11)14)5-12(6-13)7-17-8-12/h2-4H,5,7-8,14H2,1H3. The highest BCUT2D eigenvalue weighted by molar-refractivity contribution is 7.90. The van der Waals surface area contributed by atoms with Crippen LogP contribution in [0.1, 0.15) is 5.56 Å². The van der Waals surface area contributed by atoms with Crippen molar-refractivity contribution in [3.05, 3.63) is 23.8 Å². The van der Waals surface area contributed by atoms with Crippen molar-refractivity contribution in [1.82, 2.24) is 0 Å². The average molecular weight is 266 g/mol. The van der Waals surface area contributed by atoms with Crippen LogP contribution in [0, 0.1) is 16.7 Å².